The van der Waals surface area contributed by atoms with Crippen LogP contribution < -0.4 is 10.5 Å². The second kappa shape index (κ2) is 6.43. The van der Waals surface area contributed by atoms with Crippen molar-refractivity contribution in [1.29, 1.82) is 0 Å². The number of rotatable bonds is 5. The summed E-state index contributed by atoms with van der Waals surface area (Å²) in [7, 11) is 0. The van der Waals surface area contributed by atoms with E-state index in [0.29, 0.717) is 18.7 Å². The lowest BCUT2D eigenvalue weighted by molar-refractivity contribution is 0.292. The molecular formula is C15H16F2N2O. The molecule has 2 rings (SSSR count). The van der Waals surface area contributed by atoms with E-state index in [-0.39, 0.29) is 12.2 Å². The molecule has 1 aromatic carbocycles. The van der Waals surface area contributed by atoms with Gasteiger partial charge in [0.05, 0.1) is 5.69 Å². The number of aromatic nitrogens is 1. The van der Waals surface area contributed by atoms with Gasteiger partial charge in [-0.1, -0.05) is 12.1 Å². The van der Waals surface area contributed by atoms with Crippen molar-refractivity contribution in [3.05, 3.63) is 58.9 Å². The zero-order valence-electron chi connectivity index (χ0n) is 11.2. The number of benzene rings is 1. The number of hydrogen-bond donors (Lipinski definition) is 1. The monoisotopic (exact) mass is 278 g/mol. The highest BCUT2D eigenvalue weighted by molar-refractivity contribution is 5.30. The average molecular weight is 278 g/mol. The van der Waals surface area contributed by atoms with E-state index in [4.69, 9.17) is 10.5 Å². The molecule has 5 heteroatoms. The van der Waals surface area contributed by atoms with Gasteiger partial charge in [-0.15, -0.1) is 0 Å². The molecule has 3 nitrogen and oxygen atoms in total. The number of hydrogen-bond acceptors (Lipinski definition) is 3. The van der Waals surface area contributed by atoms with E-state index >= 15 is 0 Å². The Hall–Kier alpha value is -2.01. The third kappa shape index (κ3) is 3.30. The summed E-state index contributed by atoms with van der Waals surface area (Å²) in [5.74, 6) is -1.21. The quantitative estimate of drug-likeness (QED) is 0.914. The van der Waals surface area contributed by atoms with Crippen LogP contribution in [-0.2, 0) is 13.0 Å². The molecule has 0 fully saturated rings. The molecule has 0 bridgehead atoms. The zero-order valence-corrected chi connectivity index (χ0v) is 11.2. The van der Waals surface area contributed by atoms with Gasteiger partial charge in [0.15, 0.2) is 11.6 Å². The highest BCUT2D eigenvalue weighted by Crippen LogP contribution is 2.20. The third-order valence-electron chi connectivity index (χ3n) is 2.87. The second-order valence-electron chi connectivity index (χ2n) is 4.44. The van der Waals surface area contributed by atoms with Crippen LogP contribution in [0.25, 0.3) is 0 Å². The highest BCUT2D eigenvalue weighted by Gasteiger charge is 2.10. The largest absolute Gasteiger partial charge is 0.487 e. The minimum Gasteiger partial charge on any atom is -0.487 e. The van der Waals surface area contributed by atoms with Crippen molar-refractivity contribution in [2.24, 2.45) is 5.73 Å². The maximum absolute atomic E-state index is 13.5. The Kier molecular flexibility index (Phi) is 4.63. The Labute approximate surface area is 116 Å². The van der Waals surface area contributed by atoms with E-state index in [9.17, 15) is 8.78 Å². The Balaban J connectivity index is 2.16. The van der Waals surface area contributed by atoms with Crippen LogP contribution in [-0.4, -0.2) is 11.5 Å². The molecule has 0 unspecified atom stereocenters. The van der Waals surface area contributed by atoms with Gasteiger partial charge in [0.1, 0.15) is 12.4 Å². The van der Waals surface area contributed by atoms with Crippen molar-refractivity contribution in [3.63, 3.8) is 0 Å². The maximum Gasteiger partial charge on any atom is 0.165 e. The number of halogens is 2. The lowest BCUT2D eigenvalue weighted by Gasteiger charge is -2.11. The fraction of sp³-hybridized carbons (Fsp3) is 0.267. The van der Waals surface area contributed by atoms with Crippen molar-refractivity contribution >= 4 is 0 Å². The van der Waals surface area contributed by atoms with Gasteiger partial charge in [0.2, 0.25) is 0 Å². The summed E-state index contributed by atoms with van der Waals surface area (Å²) in [6.45, 7) is 2.27. The highest BCUT2D eigenvalue weighted by atomic mass is 19.2. The number of pyridine rings is 1. The number of ether oxygens (including phenoxy) is 1. The average Bonchev–Trinajstić information content (AvgIpc) is 2.42. The Morgan fingerprint density at radius 3 is 2.75 bits per heavy atom. The van der Waals surface area contributed by atoms with Crippen LogP contribution in [0.2, 0.25) is 0 Å². The number of aryl methyl sites for hydroxylation is 1. The van der Waals surface area contributed by atoms with Gasteiger partial charge in [-0.25, -0.2) is 8.78 Å². The summed E-state index contributed by atoms with van der Waals surface area (Å²) in [5.41, 5.74) is 7.28. The van der Waals surface area contributed by atoms with Gasteiger partial charge in [-0.3, -0.25) is 4.98 Å². The molecule has 0 atom stereocenters. The third-order valence-corrected chi connectivity index (χ3v) is 2.87. The number of nitrogens with two attached hydrogens (primary N) is 1. The lowest BCUT2D eigenvalue weighted by Crippen LogP contribution is -2.08. The maximum atomic E-state index is 13.5. The first-order chi connectivity index (χ1) is 9.61. The molecule has 0 aliphatic heterocycles. The number of nitrogens with zero attached hydrogens (tertiary/aromatic N) is 1. The summed E-state index contributed by atoms with van der Waals surface area (Å²) in [4.78, 5) is 4.34. The van der Waals surface area contributed by atoms with Crippen molar-refractivity contribution in [2.45, 2.75) is 20.0 Å². The first-order valence-electron chi connectivity index (χ1n) is 6.34. The Morgan fingerprint density at radius 1 is 1.20 bits per heavy atom. The first kappa shape index (κ1) is 14.4. The molecule has 0 saturated carbocycles. The summed E-state index contributed by atoms with van der Waals surface area (Å²) < 4.78 is 32.2. The van der Waals surface area contributed by atoms with E-state index < -0.39 is 11.6 Å². The minimum atomic E-state index is -0.882. The van der Waals surface area contributed by atoms with Gasteiger partial charge < -0.3 is 10.5 Å². The summed E-state index contributed by atoms with van der Waals surface area (Å²) in [6, 6.07) is 7.59. The van der Waals surface area contributed by atoms with Gasteiger partial charge in [-0.05, 0) is 31.7 Å². The standard InChI is InChI=1S/C15H16F2N2O/c1-10-5-6-14(13(19-10)7-8-18)20-9-11-3-2-4-12(16)15(11)17/h2-6H,7-9,18H2,1H3. The van der Waals surface area contributed by atoms with Gasteiger partial charge in [0.25, 0.3) is 0 Å². The molecule has 0 radical (unpaired) electrons. The molecule has 0 aliphatic carbocycles. The van der Waals surface area contributed by atoms with Gasteiger partial charge >= 0.3 is 0 Å². The van der Waals surface area contributed by atoms with E-state index in [1.165, 1.54) is 12.1 Å². The van der Waals surface area contributed by atoms with Crippen LogP contribution in [0.4, 0.5) is 8.78 Å². The van der Waals surface area contributed by atoms with Crippen LogP contribution in [0.3, 0.4) is 0 Å². The molecule has 0 spiro atoms. The Morgan fingerprint density at radius 2 is 2.00 bits per heavy atom. The van der Waals surface area contributed by atoms with E-state index in [0.717, 1.165) is 17.5 Å². The normalized spacial score (nSPS) is 10.6. The van der Waals surface area contributed by atoms with Crippen molar-refractivity contribution in [2.75, 3.05) is 6.54 Å². The van der Waals surface area contributed by atoms with Crippen molar-refractivity contribution < 1.29 is 13.5 Å². The molecular weight excluding hydrogens is 262 g/mol. The fourth-order valence-electron chi connectivity index (χ4n) is 1.86. The molecule has 20 heavy (non-hydrogen) atoms. The van der Waals surface area contributed by atoms with Gasteiger partial charge in [-0.2, -0.15) is 0 Å². The second-order valence-corrected chi connectivity index (χ2v) is 4.44. The van der Waals surface area contributed by atoms with Crippen LogP contribution in [0, 0.1) is 18.6 Å². The molecule has 2 aromatic rings. The summed E-state index contributed by atoms with van der Waals surface area (Å²) in [5, 5.41) is 0. The van der Waals surface area contributed by atoms with Crippen LogP contribution in [0.1, 0.15) is 17.0 Å². The molecule has 0 saturated heterocycles. The molecule has 0 amide bonds. The smallest absolute Gasteiger partial charge is 0.165 e. The van der Waals surface area contributed by atoms with Crippen LogP contribution in [0.15, 0.2) is 30.3 Å². The molecule has 0 aliphatic rings. The predicted octanol–water partition coefficient (Wildman–Crippen LogP) is 2.75. The summed E-state index contributed by atoms with van der Waals surface area (Å²) >= 11 is 0. The SMILES string of the molecule is Cc1ccc(OCc2cccc(F)c2F)c(CCN)n1. The molecule has 2 N–H and O–H groups in total. The Bertz CT molecular complexity index is 602. The van der Waals surface area contributed by atoms with E-state index in [2.05, 4.69) is 4.98 Å². The molecule has 1 heterocycles. The first-order valence-corrected chi connectivity index (χ1v) is 6.34. The van der Waals surface area contributed by atoms with E-state index in [1.807, 2.05) is 6.92 Å². The molecule has 1 aromatic heterocycles. The lowest BCUT2D eigenvalue weighted by atomic mass is 10.2. The van der Waals surface area contributed by atoms with Crippen molar-refractivity contribution in [1.82, 2.24) is 4.98 Å². The van der Waals surface area contributed by atoms with E-state index in [1.54, 1.807) is 12.1 Å². The topological polar surface area (TPSA) is 48.1 Å². The van der Waals surface area contributed by atoms with Crippen LogP contribution in [0.5, 0.6) is 5.75 Å². The fourth-order valence-corrected chi connectivity index (χ4v) is 1.86. The summed E-state index contributed by atoms with van der Waals surface area (Å²) in [6.07, 6.45) is 0.572. The zero-order chi connectivity index (χ0) is 14.5. The van der Waals surface area contributed by atoms with Crippen molar-refractivity contribution in [3.8, 4) is 5.75 Å². The minimum absolute atomic E-state index is 0.0497. The van der Waals surface area contributed by atoms with Gasteiger partial charge in [0, 0.05) is 17.7 Å². The van der Waals surface area contributed by atoms with Crippen LogP contribution >= 0.6 is 0 Å². The molecule has 106 valence electrons. The predicted molar refractivity (Wildman–Crippen MR) is 72.4 cm³/mol.